The summed E-state index contributed by atoms with van der Waals surface area (Å²) in [6.07, 6.45) is -0.600. The zero-order valence-corrected chi connectivity index (χ0v) is 10.3. The summed E-state index contributed by atoms with van der Waals surface area (Å²) in [7, 11) is 1.42. The topological polar surface area (TPSA) is 42.4 Å². The molecular formula is C12H12FNO2S. The van der Waals surface area contributed by atoms with Crippen molar-refractivity contribution in [2.24, 2.45) is 0 Å². The van der Waals surface area contributed by atoms with Gasteiger partial charge in [0.15, 0.2) is 11.6 Å². The van der Waals surface area contributed by atoms with Gasteiger partial charge < -0.3 is 9.84 Å². The Morgan fingerprint density at radius 2 is 2.24 bits per heavy atom. The maximum absolute atomic E-state index is 13.5. The van der Waals surface area contributed by atoms with Gasteiger partial charge in [0.25, 0.3) is 0 Å². The van der Waals surface area contributed by atoms with Gasteiger partial charge in [-0.25, -0.2) is 9.37 Å². The van der Waals surface area contributed by atoms with Crippen LogP contribution in [-0.2, 0) is 0 Å². The molecule has 0 saturated heterocycles. The highest BCUT2D eigenvalue weighted by molar-refractivity contribution is 7.10. The fraction of sp³-hybridized carbons (Fsp3) is 0.250. The van der Waals surface area contributed by atoms with Crippen molar-refractivity contribution in [1.82, 2.24) is 4.98 Å². The van der Waals surface area contributed by atoms with Gasteiger partial charge in [-0.1, -0.05) is 0 Å². The zero-order valence-electron chi connectivity index (χ0n) is 9.48. The number of rotatable bonds is 3. The normalized spacial score (nSPS) is 12.5. The molecule has 17 heavy (non-hydrogen) atoms. The zero-order chi connectivity index (χ0) is 12.4. The summed E-state index contributed by atoms with van der Waals surface area (Å²) in [5.41, 5.74) is 1.33. The van der Waals surface area contributed by atoms with Gasteiger partial charge >= 0.3 is 0 Å². The van der Waals surface area contributed by atoms with Crippen molar-refractivity contribution < 1.29 is 14.2 Å². The first-order valence-electron chi connectivity index (χ1n) is 5.09. The summed E-state index contributed by atoms with van der Waals surface area (Å²) < 4.78 is 18.3. The minimum atomic E-state index is -0.600. The van der Waals surface area contributed by atoms with Gasteiger partial charge in [0.2, 0.25) is 0 Å². The summed E-state index contributed by atoms with van der Waals surface area (Å²) in [5.74, 6) is -0.212. The fourth-order valence-electron chi connectivity index (χ4n) is 1.44. The van der Waals surface area contributed by atoms with Crippen LogP contribution in [0.2, 0.25) is 0 Å². The third kappa shape index (κ3) is 2.45. The number of thiazole rings is 1. The number of aliphatic hydroxyl groups is 1. The first kappa shape index (κ1) is 12.0. The maximum Gasteiger partial charge on any atom is 0.165 e. The largest absolute Gasteiger partial charge is 0.494 e. The van der Waals surface area contributed by atoms with E-state index >= 15 is 0 Å². The van der Waals surface area contributed by atoms with Crippen LogP contribution in [0.25, 0.3) is 11.3 Å². The Labute approximate surface area is 103 Å². The summed E-state index contributed by atoms with van der Waals surface area (Å²) >= 11 is 1.35. The number of ether oxygens (including phenoxy) is 1. The summed E-state index contributed by atoms with van der Waals surface area (Å²) in [4.78, 5) is 4.24. The average molecular weight is 253 g/mol. The van der Waals surface area contributed by atoms with Gasteiger partial charge in [0.1, 0.15) is 11.1 Å². The van der Waals surface area contributed by atoms with Gasteiger partial charge in [-0.05, 0) is 25.1 Å². The van der Waals surface area contributed by atoms with Crippen LogP contribution in [0.1, 0.15) is 18.0 Å². The van der Waals surface area contributed by atoms with E-state index in [1.54, 1.807) is 24.4 Å². The molecule has 1 atom stereocenters. The summed E-state index contributed by atoms with van der Waals surface area (Å²) in [5, 5.41) is 11.8. The van der Waals surface area contributed by atoms with Gasteiger partial charge in [-0.15, -0.1) is 11.3 Å². The highest BCUT2D eigenvalue weighted by Gasteiger charge is 2.10. The lowest BCUT2D eigenvalue weighted by molar-refractivity contribution is 0.199. The van der Waals surface area contributed by atoms with Crippen molar-refractivity contribution in [2.45, 2.75) is 13.0 Å². The molecule has 5 heteroatoms. The Bertz CT molecular complexity index is 525. The van der Waals surface area contributed by atoms with Crippen LogP contribution in [0.4, 0.5) is 4.39 Å². The molecule has 0 saturated carbocycles. The molecule has 0 aliphatic carbocycles. The number of halogens is 1. The van der Waals surface area contributed by atoms with Crippen LogP contribution < -0.4 is 4.74 Å². The lowest BCUT2D eigenvalue weighted by Crippen LogP contribution is -1.91. The molecule has 1 unspecified atom stereocenters. The molecule has 0 amide bonds. The van der Waals surface area contributed by atoms with E-state index in [0.717, 1.165) is 0 Å². The molecule has 1 aromatic carbocycles. The number of aromatic nitrogens is 1. The lowest BCUT2D eigenvalue weighted by Gasteiger charge is -2.03. The molecule has 90 valence electrons. The van der Waals surface area contributed by atoms with E-state index in [1.807, 2.05) is 0 Å². The molecule has 0 aliphatic rings. The Kier molecular flexibility index (Phi) is 3.40. The molecule has 0 radical (unpaired) electrons. The predicted molar refractivity (Wildman–Crippen MR) is 64.7 cm³/mol. The van der Waals surface area contributed by atoms with Crippen LogP contribution in [0.5, 0.6) is 5.75 Å². The molecule has 0 aliphatic heterocycles. The number of nitrogens with zero attached hydrogens (tertiary/aromatic N) is 1. The smallest absolute Gasteiger partial charge is 0.165 e. The van der Waals surface area contributed by atoms with E-state index in [1.165, 1.54) is 24.5 Å². The monoisotopic (exact) mass is 253 g/mol. The van der Waals surface area contributed by atoms with Crippen LogP contribution in [0.15, 0.2) is 23.6 Å². The Hall–Kier alpha value is -1.46. The van der Waals surface area contributed by atoms with Crippen LogP contribution >= 0.6 is 11.3 Å². The van der Waals surface area contributed by atoms with E-state index in [4.69, 9.17) is 4.74 Å². The molecule has 3 nitrogen and oxygen atoms in total. The number of methoxy groups -OCH3 is 1. The van der Waals surface area contributed by atoms with Crippen LogP contribution in [0.3, 0.4) is 0 Å². The molecule has 0 spiro atoms. The molecular weight excluding hydrogens is 241 g/mol. The minimum absolute atomic E-state index is 0.208. The van der Waals surface area contributed by atoms with E-state index in [9.17, 15) is 9.50 Å². The standard InChI is InChI=1S/C12H12FNO2S/c1-7(15)12-14-10(6-17-12)8-3-4-11(16-2)9(13)5-8/h3-7,15H,1-2H3. The van der Waals surface area contributed by atoms with Crippen LogP contribution in [-0.4, -0.2) is 17.2 Å². The molecule has 1 aromatic heterocycles. The number of hydrogen-bond acceptors (Lipinski definition) is 4. The van der Waals surface area contributed by atoms with Crippen molar-refractivity contribution in [3.8, 4) is 17.0 Å². The molecule has 0 bridgehead atoms. The maximum atomic E-state index is 13.5. The Morgan fingerprint density at radius 3 is 2.76 bits per heavy atom. The lowest BCUT2D eigenvalue weighted by atomic mass is 10.1. The number of hydrogen-bond donors (Lipinski definition) is 1. The van der Waals surface area contributed by atoms with E-state index in [-0.39, 0.29) is 5.75 Å². The Morgan fingerprint density at radius 1 is 1.47 bits per heavy atom. The third-order valence-electron chi connectivity index (χ3n) is 2.33. The quantitative estimate of drug-likeness (QED) is 0.914. The molecule has 1 N–H and O–H groups in total. The molecule has 2 rings (SSSR count). The van der Waals surface area contributed by atoms with E-state index in [2.05, 4.69) is 4.98 Å². The fourth-order valence-corrected chi connectivity index (χ4v) is 2.21. The van der Waals surface area contributed by atoms with Gasteiger partial charge in [0, 0.05) is 10.9 Å². The van der Waals surface area contributed by atoms with E-state index < -0.39 is 11.9 Å². The molecule has 2 aromatic rings. The van der Waals surface area contributed by atoms with Crippen molar-refractivity contribution in [3.63, 3.8) is 0 Å². The summed E-state index contributed by atoms with van der Waals surface area (Å²) in [6, 6.07) is 4.68. The minimum Gasteiger partial charge on any atom is -0.494 e. The van der Waals surface area contributed by atoms with Gasteiger partial charge in [-0.3, -0.25) is 0 Å². The van der Waals surface area contributed by atoms with Crippen molar-refractivity contribution in [2.75, 3.05) is 7.11 Å². The highest BCUT2D eigenvalue weighted by atomic mass is 32.1. The SMILES string of the molecule is COc1ccc(-c2csc(C(C)O)n2)cc1F. The molecule has 1 heterocycles. The third-order valence-corrected chi connectivity index (χ3v) is 3.34. The van der Waals surface area contributed by atoms with Crippen molar-refractivity contribution in [1.29, 1.82) is 0 Å². The van der Waals surface area contributed by atoms with Crippen molar-refractivity contribution in [3.05, 3.63) is 34.4 Å². The molecule has 0 fully saturated rings. The first-order valence-corrected chi connectivity index (χ1v) is 5.97. The van der Waals surface area contributed by atoms with Gasteiger partial charge in [0.05, 0.1) is 12.8 Å². The second-order valence-electron chi connectivity index (χ2n) is 3.60. The highest BCUT2D eigenvalue weighted by Crippen LogP contribution is 2.28. The van der Waals surface area contributed by atoms with E-state index in [0.29, 0.717) is 16.3 Å². The van der Waals surface area contributed by atoms with Crippen molar-refractivity contribution >= 4 is 11.3 Å². The second kappa shape index (κ2) is 4.81. The number of aliphatic hydroxyl groups excluding tert-OH is 1. The second-order valence-corrected chi connectivity index (χ2v) is 4.49. The Balaban J connectivity index is 2.36. The van der Waals surface area contributed by atoms with Gasteiger partial charge in [-0.2, -0.15) is 0 Å². The number of benzene rings is 1. The predicted octanol–water partition coefficient (Wildman–Crippen LogP) is 3.01. The first-order chi connectivity index (χ1) is 8.11. The average Bonchev–Trinajstić information content (AvgIpc) is 2.78. The van der Waals surface area contributed by atoms with Crippen LogP contribution in [0, 0.1) is 5.82 Å². The summed E-state index contributed by atoms with van der Waals surface area (Å²) in [6.45, 7) is 1.65.